The number of carboxylic acid groups (broad SMARTS) is 1. The molecule has 0 atom stereocenters. The number of hydrogen-bond donors (Lipinski definition) is 1. The first-order valence-corrected chi connectivity index (χ1v) is 5.21. The summed E-state index contributed by atoms with van der Waals surface area (Å²) in [4.78, 5) is 20.3. The molecule has 0 saturated carbocycles. The van der Waals surface area contributed by atoms with Gasteiger partial charge in [-0.3, -0.25) is 9.59 Å². The minimum atomic E-state index is -1.03. The predicted molar refractivity (Wildman–Crippen MR) is 63.5 cm³/mol. The van der Waals surface area contributed by atoms with Gasteiger partial charge in [0, 0.05) is 6.42 Å². The second-order valence-electron chi connectivity index (χ2n) is 3.01. The standard InChI is InChI=1S/C6H10O3.2C3H7.Ti/c1-2-3-5(7)4-6(8)9;2*1-3-2;/h2-4H2,1H3,(H,8,9);2*3H,1-2H3;/q;2*-1;+2. The molecule has 0 amide bonds. The Balaban J connectivity index is -0.0000000870. The number of aliphatic carboxylic acids is 1. The van der Waals surface area contributed by atoms with Gasteiger partial charge in [-0.15, -0.1) is 0 Å². The van der Waals surface area contributed by atoms with Crippen molar-refractivity contribution in [3.63, 3.8) is 0 Å². The summed E-state index contributed by atoms with van der Waals surface area (Å²) in [5.41, 5.74) is 0. The van der Waals surface area contributed by atoms with Crippen molar-refractivity contribution in [2.75, 3.05) is 0 Å². The van der Waals surface area contributed by atoms with E-state index in [0.717, 1.165) is 6.42 Å². The summed E-state index contributed by atoms with van der Waals surface area (Å²) in [7, 11) is 0. The van der Waals surface area contributed by atoms with Crippen molar-refractivity contribution in [2.24, 2.45) is 0 Å². The van der Waals surface area contributed by atoms with Gasteiger partial charge in [0.1, 0.15) is 12.2 Å². The van der Waals surface area contributed by atoms with Crippen LogP contribution in [0, 0.1) is 12.8 Å². The third-order valence-corrected chi connectivity index (χ3v) is 0.877. The van der Waals surface area contributed by atoms with E-state index in [1.165, 1.54) is 0 Å². The van der Waals surface area contributed by atoms with Crippen molar-refractivity contribution < 1.29 is 36.4 Å². The van der Waals surface area contributed by atoms with Crippen molar-refractivity contribution >= 4 is 11.8 Å². The third-order valence-electron chi connectivity index (χ3n) is 0.877. The Morgan fingerprint density at radius 2 is 1.38 bits per heavy atom. The van der Waals surface area contributed by atoms with Crippen LogP contribution in [-0.2, 0) is 31.3 Å². The zero-order chi connectivity index (χ0) is 12.7. The van der Waals surface area contributed by atoms with Gasteiger partial charge in [-0.25, -0.2) is 0 Å². The van der Waals surface area contributed by atoms with Crippen LogP contribution in [0.3, 0.4) is 0 Å². The molecular weight excluding hydrogens is 240 g/mol. The summed E-state index contributed by atoms with van der Waals surface area (Å²) < 4.78 is 0. The molecule has 0 aliphatic heterocycles. The Bertz CT molecular complexity index is 145. The van der Waals surface area contributed by atoms with Crippen molar-refractivity contribution in [3.8, 4) is 0 Å². The molecule has 4 heteroatoms. The second-order valence-corrected chi connectivity index (χ2v) is 3.01. The molecule has 0 fully saturated rings. The molecule has 0 aliphatic carbocycles. The molecule has 0 spiro atoms. The Hall–Kier alpha value is -0.146. The van der Waals surface area contributed by atoms with E-state index < -0.39 is 5.97 Å². The summed E-state index contributed by atoms with van der Waals surface area (Å²) >= 11 is 0. The average molecular weight is 264 g/mol. The van der Waals surface area contributed by atoms with E-state index in [-0.39, 0.29) is 33.9 Å². The molecule has 3 nitrogen and oxygen atoms in total. The maximum Gasteiger partial charge on any atom is 2.00 e. The van der Waals surface area contributed by atoms with Gasteiger partial charge in [-0.2, -0.15) is 27.7 Å². The van der Waals surface area contributed by atoms with E-state index in [1.807, 2.05) is 47.5 Å². The van der Waals surface area contributed by atoms with Crippen LogP contribution < -0.4 is 0 Å². The number of carboxylic acids is 1. The summed E-state index contributed by atoms with van der Waals surface area (Å²) in [5, 5.41) is 8.09. The molecular formula is C12H24O3Ti. The third kappa shape index (κ3) is 48.7. The Kier molecular flexibility index (Phi) is 37.7. The van der Waals surface area contributed by atoms with Gasteiger partial charge in [0.15, 0.2) is 0 Å². The predicted octanol–water partition coefficient (Wildman–Crippen LogP) is 3.29. The fourth-order valence-electron chi connectivity index (χ4n) is 0.536. The molecule has 94 valence electrons. The van der Waals surface area contributed by atoms with Crippen LogP contribution in [-0.4, -0.2) is 16.9 Å². The molecule has 0 saturated heterocycles. The van der Waals surface area contributed by atoms with Gasteiger partial charge in [0.25, 0.3) is 0 Å². The number of carbonyl (C=O) groups excluding carboxylic acids is 1. The van der Waals surface area contributed by atoms with Crippen LogP contribution >= 0.6 is 0 Å². The van der Waals surface area contributed by atoms with Gasteiger partial charge >= 0.3 is 27.7 Å². The average Bonchev–Trinajstić information content (AvgIpc) is 2.05. The fraction of sp³-hybridized carbons (Fsp3) is 0.667. The van der Waals surface area contributed by atoms with Crippen LogP contribution in [0.1, 0.15) is 53.9 Å². The van der Waals surface area contributed by atoms with Gasteiger partial charge < -0.3 is 17.9 Å². The van der Waals surface area contributed by atoms with E-state index in [2.05, 4.69) is 0 Å². The van der Waals surface area contributed by atoms with Crippen LogP contribution in [0.4, 0.5) is 0 Å². The SMILES string of the molecule is CCCC(=O)CC(=O)O.C[CH-]C.C[CH-]C.[Ti+2]. The molecule has 0 heterocycles. The van der Waals surface area contributed by atoms with Crippen molar-refractivity contribution in [3.05, 3.63) is 12.8 Å². The number of carbonyl (C=O) groups is 2. The summed E-state index contributed by atoms with van der Waals surface area (Å²) in [6, 6.07) is 0. The van der Waals surface area contributed by atoms with Crippen LogP contribution in [0.5, 0.6) is 0 Å². The van der Waals surface area contributed by atoms with E-state index in [0.29, 0.717) is 6.42 Å². The molecule has 0 aromatic heterocycles. The van der Waals surface area contributed by atoms with E-state index in [4.69, 9.17) is 5.11 Å². The smallest absolute Gasteiger partial charge is 0.481 e. The summed E-state index contributed by atoms with van der Waals surface area (Å²) in [5.74, 6) is -1.22. The maximum absolute atomic E-state index is 10.5. The molecule has 0 radical (unpaired) electrons. The molecule has 0 aliphatic rings. The topological polar surface area (TPSA) is 54.4 Å². The first kappa shape index (κ1) is 24.9. The Morgan fingerprint density at radius 1 is 1.06 bits per heavy atom. The fourth-order valence-corrected chi connectivity index (χ4v) is 0.536. The second kappa shape index (κ2) is 24.2. The molecule has 0 bridgehead atoms. The van der Waals surface area contributed by atoms with Crippen molar-refractivity contribution in [1.29, 1.82) is 0 Å². The number of Topliss-reactive ketones (excluding diaryl/α,β-unsaturated/α-hetero) is 1. The minimum Gasteiger partial charge on any atom is -0.481 e. The van der Waals surface area contributed by atoms with Gasteiger partial charge in [0.2, 0.25) is 0 Å². The summed E-state index contributed by atoms with van der Waals surface area (Å²) in [6.07, 6.45) is 4.78. The maximum atomic E-state index is 10.5. The van der Waals surface area contributed by atoms with Crippen LogP contribution in [0.25, 0.3) is 0 Å². The van der Waals surface area contributed by atoms with Crippen molar-refractivity contribution in [2.45, 2.75) is 53.9 Å². The zero-order valence-corrected chi connectivity index (χ0v) is 12.6. The normalized spacial score (nSPS) is 7.31. The first-order valence-electron chi connectivity index (χ1n) is 5.21. The van der Waals surface area contributed by atoms with Gasteiger partial charge in [-0.1, -0.05) is 6.92 Å². The number of ketones is 1. The van der Waals surface area contributed by atoms with Gasteiger partial charge in [-0.05, 0) is 6.42 Å². The summed E-state index contributed by atoms with van der Waals surface area (Å²) in [6.45, 7) is 9.85. The van der Waals surface area contributed by atoms with Crippen LogP contribution in [0.2, 0.25) is 0 Å². The number of rotatable bonds is 4. The molecule has 0 unspecified atom stereocenters. The Morgan fingerprint density at radius 3 is 1.56 bits per heavy atom. The molecule has 0 aromatic rings. The Labute approximate surface area is 115 Å². The zero-order valence-electron chi connectivity index (χ0n) is 11.0. The molecule has 16 heavy (non-hydrogen) atoms. The van der Waals surface area contributed by atoms with E-state index in [9.17, 15) is 9.59 Å². The van der Waals surface area contributed by atoms with Gasteiger partial charge in [0.05, 0.1) is 0 Å². The van der Waals surface area contributed by atoms with E-state index in [1.54, 1.807) is 0 Å². The van der Waals surface area contributed by atoms with Crippen LogP contribution in [0.15, 0.2) is 0 Å². The first-order chi connectivity index (χ1) is 6.99. The van der Waals surface area contributed by atoms with E-state index >= 15 is 0 Å². The monoisotopic (exact) mass is 264 g/mol. The number of hydrogen-bond acceptors (Lipinski definition) is 2. The molecule has 0 aromatic carbocycles. The molecule has 0 rings (SSSR count). The minimum absolute atomic E-state index is 0. The quantitative estimate of drug-likeness (QED) is 0.481. The molecule has 1 N–H and O–H groups in total. The largest absolute Gasteiger partial charge is 2.00 e. The van der Waals surface area contributed by atoms with Crippen molar-refractivity contribution in [1.82, 2.24) is 0 Å².